The summed E-state index contributed by atoms with van der Waals surface area (Å²) in [6, 6.07) is 13.5. The third-order valence-electron chi connectivity index (χ3n) is 3.19. The molecule has 0 saturated heterocycles. The Kier molecular flexibility index (Phi) is 6.65. The molecule has 25 heavy (non-hydrogen) atoms. The van der Waals surface area contributed by atoms with Gasteiger partial charge in [0.05, 0.1) is 12.8 Å². The average molecular weight is 364 g/mol. The lowest BCUT2D eigenvalue weighted by atomic mass is 10.3. The fourth-order valence-corrected chi connectivity index (χ4v) is 2.08. The number of hydrogen-bond acceptors (Lipinski definition) is 5. The van der Waals surface area contributed by atoms with Gasteiger partial charge in [-0.25, -0.2) is 4.79 Å². The van der Waals surface area contributed by atoms with Crippen LogP contribution in [0.25, 0.3) is 0 Å². The minimum atomic E-state index is -0.861. The zero-order chi connectivity index (χ0) is 18.2. The van der Waals surface area contributed by atoms with Gasteiger partial charge in [-0.3, -0.25) is 4.79 Å². The maximum absolute atomic E-state index is 11.9. The second-order valence-corrected chi connectivity index (χ2v) is 5.51. The smallest absolute Gasteiger partial charge is 0.347 e. The summed E-state index contributed by atoms with van der Waals surface area (Å²) in [5, 5.41) is 3.18. The topological polar surface area (TPSA) is 73.9 Å². The highest BCUT2D eigenvalue weighted by Crippen LogP contribution is 2.22. The van der Waals surface area contributed by atoms with E-state index in [0.29, 0.717) is 22.2 Å². The van der Waals surface area contributed by atoms with Gasteiger partial charge in [0.15, 0.2) is 12.7 Å². The van der Waals surface area contributed by atoms with Crippen molar-refractivity contribution >= 4 is 29.2 Å². The molecule has 6 nitrogen and oxygen atoms in total. The summed E-state index contributed by atoms with van der Waals surface area (Å²) in [6.45, 7) is 1.11. The Bertz CT molecular complexity index is 733. The summed E-state index contributed by atoms with van der Waals surface area (Å²) >= 11 is 5.78. The summed E-state index contributed by atoms with van der Waals surface area (Å²) in [4.78, 5) is 23.8. The van der Waals surface area contributed by atoms with Gasteiger partial charge in [0.25, 0.3) is 5.91 Å². The van der Waals surface area contributed by atoms with E-state index in [-0.39, 0.29) is 0 Å². The van der Waals surface area contributed by atoms with E-state index in [1.54, 1.807) is 48.5 Å². The number of carbonyl (C=O) groups is 2. The van der Waals surface area contributed by atoms with Crippen LogP contribution >= 0.6 is 11.6 Å². The van der Waals surface area contributed by atoms with Gasteiger partial charge in [-0.2, -0.15) is 0 Å². The number of benzene rings is 2. The Labute approximate surface area is 150 Å². The van der Waals surface area contributed by atoms with E-state index in [0.717, 1.165) is 0 Å². The average Bonchev–Trinajstić information content (AvgIpc) is 2.62. The number of rotatable bonds is 7. The number of para-hydroxylation sites is 2. The number of ether oxygens (including phenoxy) is 3. The first-order chi connectivity index (χ1) is 12.0. The number of methoxy groups -OCH3 is 1. The summed E-state index contributed by atoms with van der Waals surface area (Å²) in [6.07, 6.45) is -0.861. The molecule has 2 aromatic rings. The van der Waals surface area contributed by atoms with Crippen LogP contribution in [0.1, 0.15) is 6.92 Å². The van der Waals surface area contributed by atoms with E-state index in [1.165, 1.54) is 14.0 Å². The number of carbonyl (C=O) groups excluding carboxylic acids is 2. The van der Waals surface area contributed by atoms with E-state index in [9.17, 15) is 9.59 Å². The molecule has 0 saturated carbocycles. The lowest BCUT2D eigenvalue weighted by Gasteiger charge is -2.14. The molecule has 0 spiro atoms. The van der Waals surface area contributed by atoms with Crippen molar-refractivity contribution in [2.24, 2.45) is 0 Å². The lowest BCUT2D eigenvalue weighted by Crippen LogP contribution is -2.29. The van der Waals surface area contributed by atoms with Crippen LogP contribution in [-0.4, -0.2) is 31.7 Å². The van der Waals surface area contributed by atoms with E-state index in [1.807, 2.05) is 0 Å². The molecule has 1 N–H and O–H groups in total. The highest BCUT2D eigenvalue weighted by Gasteiger charge is 2.18. The summed E-state index contributed by atoms with van der Waals surface area (Å²) < 4.78 is 15.5. The molecule has 1 amide bonds. The maximum atomic E-state index is 11.9. The molecule has 0 radical (unpaired) electrons. The largest absolute Gasteiger partial charge is 0.495 e. The lowest BCUT2D eigenvalue weighted by molar-refractivity contribution is -0.153. The van der Waals surface area contributed by atoms with Crippen LogP contribution in [0.2, 0.25) is 5.02 Å². The molecule has 0 heterocycles. The molecular weight excluding hydrogens is 346 g/mol. The van der Waals surface area contributed by atoms with Crippen LogP contribution in [0.4, 0.5) is 5.69 Å². The van der Waals surface area contributed by atoms with Crippen LogP contribution in [0.5, 0.6) is 11.5 Å². The monoisotopic (exact) mass is 363 g/mol. The molecule has 0 aliphatic heterocycles. The number of halogens is 1. The third-order valence-corrected chi connectivity index (χ3v) is 3.44. The third kappa shape index (κ3) is 5.69. The number of hydrogen-bond donors (Lipinski definition) is 1. The molecule has 7 heteroatoms. The number of esters is 1. The zero-order valence-electron chi connectivity index (χ0n) is 13.8. The molecule has 0 aliphatic carbocycles. The van der Waals surface area contributed by atoms with Crippen molar-refractivity contribution in [3.63, 3.8) is 0 Å². The first-order valence-electron chi connectivity index (χ1n) is 7.51. The van der Waals surface area contributed by atoms with E-state index in [4.69, 9.17) is 25.8 Å². The first-order valence-corrected chi connectivity index (χ1v) is 7.89. The fraction of sp³-hybridized carbons (Fsp3) is 0.222. The van der Waals surface area contributed by atoms with Gasteiger partial charge in [-0.05, 0) is 43.3 Å². The van der Waals surface area contributed by atoms with Gasteiger partial charge in [0.2, 0.25) is 0 Å². The Balaban J connectivity index is 1.82. The zero-order valence-corrected chi connectivity index (χ0v) is 14.6. The minimum absolute atomic E-state index is 0.425. The SMILES string of the molecule is COc1ccccc1NC(=O)COC(=O)[C@H](C)Oc1ccc(Cl)cc1. The molecule has 2 rings (SSSR count). The predicted octanol–water partition coefficient (Wildman–Crippen LogP) is 3.30. The second-order valence-electron chi connectivity index (χ2n) is 5.07. The number of anilines is 1. The Morgan fingerprint density at radius 3 is 2.48 bits per heavy atom. The van der Waals surface area contributed by atoms with Crippen LogP contribution in [0.15, 0.2) is 48.5 Å². The molecule has 0 unspecified atom stereocenters. The highest BCUT2D eigenvalue weighted by atomic mass is 35.5. The van der Waals surface area contributed by atoms with Crippen molar-refractivity contribution in [3.8, 4) is 11.5 Å². The van der Waals surface area contributed by atoms with Gasteiger partial charge in [0, 0.05) is 5.02 Å². The number of amides is 1. The van der Waals surface area contributed by atoms with Gasteiger partial charge < -0.3 is 19.5 Å². The molecular formula is C18H18ClNO5. The minimum Gasteiger partial charge on any atom is -0.495 e. The van der Waals surface area contributed by atoms with E-state index in [2.05, 4.69) is 5.32 Å². The molecule has 0 bridgehead atoms. The van der Waals surface area contributed by atoms with Crippen LogP contribution in [0, 0.1) is 0 Å². The molecule has 132 valence electrons. The number of nitrogens with one attached hydrogen (secondary N) is 1. The second kappa shape index (κ2) is 8.94. The summed E-state index contributed by atoms with van der Waals surface area (Å²) in [7, 11) is 1.50. The van der Waals surface area contributed by atoms with E-state index < -0.39 is 24.6 Å². The quantitative estimate of drug-likeness (QED) is 0.764. The normalized spacial score (nSPS) is 11.3. The van der Waals surface area contributed by atoms with Gasteiger partial charge in [0.1, 0.15) is 11.5 Å². The highest BCUT2D eigenvalue weighted by molar-refractivity contribution is 6.30. The van der Waals surface area contributed by atoms with E-state index >= 15 is 0 Å². The predicted molar refractivity (Wildman–Crippen MR) is 94.1 cm³/mol. The standard InChI is InChI=1S/C18H18ClNO5/c1-12(25-14-9-7-13(19)8-10-14)18(22)24-11-17(21)20-15-5-3-4-6-16(15)23-2/h3-10,12H,11H2,1-2H3,(H,20,21)/t12-/m0/s1. The van der Waals surface area contributed by atoms with Crippen molar-refractivity contribution in [2.45, 2.75) is 13.0 Å². The summed E-state index contributed by atoms with van der Waals surface area (Å²) in [5.74, 6) is -0.129. The molecule has 0 fully saturated rings. The Morgan fingerprint density at radius 2 is 1.80 bits per heavy atom. The fourth-order valence-electron chi connectivity index (χ4n) is 1.95. The van der Waals surface area contributed by atoms with Crippen LogP contribution in [-0.2, 0) is 14.3 Å². The molecule has 1 atom stereocenters. The molecule has 2 aromatic carbocycles. The van der Waals surface area contributed by atoms with Crippen molar-refractivity contribution in [3.05, 3.63) is 53.6 Å². The van der Waals surface area contributed by atoms with Crippen LogP contribution < -0.4 is 14.8 Å². The van der Waals surface area contributed by atoms with Crippen molar-refractivity contribution in [1.82, 2.24) is 0 Å². The molecule has 0 aromatic heterocycles. The van der Waals surface area contributed by atoms with Crippen molar-refractivity contribution in [2.75, 3.05) is 19.0 Å². The Morgan fingerprint density at radius 1 is 1.12 bits per heavy atom. The first kappa shape index (κ1) is 18.6. The van der Waals surface area contributed by atoms with Crippen LogP contribution in [0.3, 0.4) is 0 Å². The maximum Gasteiger partial charge on any atom is 0.347 e. The molecule has 0 aliphatic rings. The van der Waals surface area contributed by atoms with Gasteiger partial charge in [-0.15, -0.1) is 0 Å². The van der Waals surface area contributed by atoms with Crippen molar-refractivity contribution < 1.29 is 23.8 Å². The van der Waals surface area contributed by atoms with Gasteiger partial charge >= 0.3 is 5.97 Å². The van der Waals surface area contributed by atoms with Gasteiger partial charge in [-0.1, -0.05) is 23.7 Å². The van der Waals surface area contributed by atoms with Crippen molar-refractivity contribution in [1.29, 1.82) is 0 Å². The summed E-state index contributed by atoms with van der Waals surface area (Å²) in [5.41, 5.74) is 0.497. The Hall–Kier alpha value is -2.73.